The van der Waals surface area contributed by atoms with E-state index in [-0.39, 0.29) is 17.6 Å². The molecule has 4 aromatic rings. The molecule has 1 aliphatic rings. The SMILES string of the molecule is O=C(NNBr)c1cc(-c2ccc(C#Cc3ccc(C(=O)N4CCCCC4C(=O)O)cc3)c(O)c2)nc2ccncc12. The Balaban J connectivity index is 1.36. The average molecular weight is 614 g/mol. The maximum atomic E-state index is 12.9. The Morgan fingerprint density at radius 3 is 2.56 bits per heavy atom. The van der Waals surface area contributed by atoms with Crippen molar-refractivity contribution in [2.75, 3.05) is 6.54 Å². The van der Waals surface area contributed by atoms with Crippen molar-refractivity contribution in [3.8, 4) is 28.8 Å². The molecule has 1 aliphatic heterocycles. The van der Waals surface area contributed by atoms with Gasteiger partial charge in [-0.15, -0.1) is 0 Å². The number of aromatic nitrogens is 2. The van der Waals surface area contributed by atoms with Crippen LogP contribution in [-0.2, 0) is 4.79 Å². The number of piperidine rings is 1. The number of aliphatic carboxylic acids is 1. The lowest BCUT2D eigenvalue weighted by atomic mass is 10.0. The van der Waals surface area contributed by atoms with Crippen molar-refractivity contribution in [2.45, 2.75) is 25.3 Å². The number of carbonyl (C=O) groups is 3. The van der Waals surface area contributed by atoms with E-state index in [1.54, 1.807) is 60.9 Å². The third-order valence-corrected chi connectivity index (χ3v) is 7.03. The molecular weight excluding hydrogens is 590 g/mol. The number of fused-ring (bicyclic) bond motifs is 1. The topological polar surface area (TPSA) is 145 Å². The van der Waals surface area contributed by atoms with Crippen LogP contribution in [0.15, 0.2) is 67.0 Å². The number of hydrazine groups is 1. The molecule has 0 spiro atoms. The highest BCUT2D eigenvalue weighted by atomic mass is 79.9. The van der Waals surface area contributed by atoms with Gasteiger partial charge in [0.05, 0.1) is 22.3 Å². The van der Waals surface area contributed by atoms with E-state index >= 15 is 0 Å². The number of benzene rings is 2. The van der Waals surface area contributed by atoms with E-state index in [1.807, 2.05) is 0 Å². The number of phenols is 1. The van der Waals surface area contributed by atoms with Crippen molar-refractivity contribution >= 4 is 44.8 Å². The lowest BCUT2D eigenvalue weighted by Gasteiger charge is -2.33. The lowest BCUT2D eigenvalue weighted by molar-refractivity contribution is -0.143. The van der Waals surface area contributed by atoms with Crippen LogP contribution in [0, 0.1) is 11.8 Å². The van der Waals surface area contributed by atoms with Crippen LogP contribution < -0.4 is 9.88 Å². The van der Waals surface area contributed by atoms with E-state index in [4.69, 9.17) is 0 Å². The minimum Gasteiger partial charge on any atom is -0.507 e. The third kappa shape index (κ3) is 6.04. The molecule has 3 heterocycles. The monoisotopic (exact) mass is 613 g/mol. The Bertz CT molecular complexity index is 1710. The predicted molar refractivity (Wildman–Crippen MR) is 155 cm³/mol. The number of hydrogen-bond acceptors (Lipinski definition) is 7. The first-order valence-corrected chi connectivity index (χ1v) is 13.5. The third-order valence-electron chi connectivity index (χ3n) is 6.83. The van der Waals surface area contributed by atoms with Crippen LogP contribution in [0.5, 0.6) is 5.75 Å². The van der Waals surface area contributed by atoms with Crippen molar-refractivity contribution < 1.29 is 24.6 Å². The van der Waals surface area contributed by atoms with E-state index in [1.165, 1.54) is 11.0 Å². The Morgan fingerprint density at radius 1 is 1.02 bits per heavy atom. The molecule has 10 nitrogen and oxygen atoms in total. The van der Waals surface area contributed by atoms with Crippen LogP contribution in [0.2, 0.25) is 0 Å². The molecule has 5 rings (SSSR count). The van der Waals surface area contributed by atoms with E-state index < -0.39 is 12.0 Å². The van der Waals surface area contributed by atoms with Gasteiger partial charge in [-0.1, -0.05) is 17.9 Å². The standard InChI is InChI=1S/C30H24BrN5O5/c31-35-34-28(38)22-16-25(33-24-12-13-32-17-23(22)24)21-11-10-19(27(37)15-21)7-4-18-5-8-20(9-6-18)29(39)36-14-2-1-3-26(36)30(40)41/h5-6,8-13,15-17,26,35,37H,1-3,14H2,(H,34,38)(H,40,41). The van der Waals surface area contributed by atoms with Gasteiger partial charge in [-0.25, -0.2) is 9.78 Å². The Morgan fingerprint density at radius 2 is 1.83 bits per heavy atom. The summed E-state index contributed by atoms with van der Waals surface area (Å²) in [6, 6.07) is 14.1. The quantitative estimate of drug-likeness (QED) is 0.150. The van der Waals surface area contributed by atoms with Gasteiger partial charge in [-0.2, -0.15) is 4.45 Å². The number of nitrogens with one attached hydrogen (secondary N) is 2. The highest BCUT2D eigenvalue weighted by Gasteiger charge is 2.32. The number of carbonyl (C=O) groups excluding carboxylic acids is 2. The van der Waals surface area contributed by atoms with Gasteiger partial charge < -0.3 is 15.1 Å². The van der Waals surface area contributed by atoms with Crippen LogP contribution >= 0.6 is 16.1 Å². The number of rotatable bonds is 5. The average Bonchev–Trinajstić information content (AvgIpc) is 3.00. The van der Waals surface area contributed by atoms with Crippen LogP contribution in [0.25, 0.3) is 22.2 Å². The van der Waals surface area contributed by atoms with Crippen LogP contribution in [0.1, 0.15) is 51.1 Å². The molecule has 11 heteroatoms. The van der Waals surface area contributed by atoms with Gasteiger partial charge >= 0.3 is 5.97 Å². The molecule has 206 valence electrons. The van der Waals surface area contributed by atoms with E-state index in [0.717, 1.165) is 12.8 Å². The summed E-state index contributed by atoms with van der Waals surface area (Å²) in [4.78, 5) is 47.2. The zero-order valence-electron chi connectivity index (χ0n) is 21.6. The van der Waals surface area contributed by atoms with Gasteiger partial charge in [0.2, 0.25) is 0 Å². The first-order chi connectivity index (χ1) is 19.9. The fourth-order valence-electron chi connectivity index (χ4n) is 4.74. The molecule has 0 radical (unpaired) electrons. The van der Waals surface area contributed by atoms with Crippen molar-refractivity contribution in [1.29, 1.82) is 0 Å². The smallest absolute Gasteiger partial charge is 0.326 e. The van der Waals surface area contributed by atoms with Gasteiger partial charge in [-0.3, -0.25) is 20.0 Å². The Kier molecular flexibility index (Phi) is 8.24. The van der Waals surface area contributed by atoms with Crippen molar-refractivity contribution in [2.24, 2.45) is 0 Å². The van der Waals surface area contributed by atoms with Crippen molar-refractivity contribution in [3.05, 3.63) is 89.2 Å². The number of likely N-dealkylation sites (tertiary alicyclic amines) is 1. The minimum atomic E-state index is -0.988. The second-order valence-electron chi connectivity index (χ2n) is 9.40. The zero-order valence-corrected chi connectivity index (χ0v) is 23.2. The van der Waals surface area contributed by atoms with Gasteiger partial charge in [0.1, 0.15) is 11.8 Å². The molecule has 1 fully saturated rings. The van der Waals surface area contributed by atoms with Crippen LogP contribution in [-0.4, -0.2) is 55.5 Å². The van der Waals surface area contributed by atoms with Crippen LogP contribution in [0.4, 0.5) is 0 Å². The molecule has 0 aliphatic carbocycles. The van der Waals surface area contributed by atoms with Crippen molar-refractivity contribution in [1.82, 2.24) is 24.7 Å². The highest BCUT2D eigenvalue weighted by molar-refractivity contribution is 9.08. The van der Waals surface area contributed by atoms with E-state index in [9.17, 15) is 24.6 Å². The Hall–Kier alpha value is -4.79. The Labute approximate surface area is 243 Å². The number of carboxylic acid groups (broad SMARTS) is 1. The van der Waals surface area contributed by atoms with Gasteiger partial charge in [0.25, 0.3) is 11.8 Å². The summed E-state index contributed by atoms with van der Waals surface area (Å²) in [5.74, 6) is 4.17. The largest absolute Gasteiger partial charge is 0.507 e. The molecule has 2 aromatic carbocycles. The first-order valence-electron chi connectivity index (χ1n) is 12.8. The molecule has 2 amide bonds. The predicted octanol–water partition coefficient (Wildman–Crippen LogP) is 4.03. The summed E-state index contributed by atoms with van der Waals surface area (Å²) in [6.45, 7) is 0.418. The van der Waals surface area contributed by atoms with Gasteiger partial charge in [-0.05, 0) is 67.8 Å². The number of aromatic hydroxyl groups is 1. The summed E-state index contributed by atoms with van der Waals surface area (Å²) >= 11 is 2.96. The second-order valence-corrected chi connectivity index (χ2v) is 9.80. The maximum Gasteiger partial charge on any atom is 0.326 e. The number of hydrogen-bond donors (Lipinski definition) is 4. The number of phenolic OH excluding ortho intramolecular Hbond substituents is 1. The summed E-state index contributed by atoms with van der Waals surface area (Å²) < 4.78 is 2.44. The number of pyridine rings is 2. The molecular formula is C30H24BrN5O5. The van der Waals surface area contributed by atoms with E-state index in [0.29, 0.717) is 57.4 Å². The molecule has 0 bridgehead atoms. The maximum absolute atomic E-state index is 12.9. The molecule has 1 atom stereocenters. The molecule has 0 saturated carbocycles. The summed E-state index contributed by atoms with van der Waals surface area (Å²) in [5.41, 5.74) is 5.89. The van der Waals surface area contributed by atoms with Crippen LogP contribution in [0.3, 0.4) is 0 Å². The number of nitrogens with zero attached hydrogens (tertiary/aromatic N) is 3. The highest BCUT2D eigenvalue weighted by Crippen LogP contribution is 2.28. The normalized spacial score (nSPS) is 14.7. The first kappa shape index (κ1) is 27.8. The summed E-state index contributed by atoms with van der Waals surface area (Å²) in [6.07, 6.45) is 5.16. The minimum absolute atomic E-state index is 0.0589. The fourth-order valence-corrected chi connectivity index (χ4v) is 4.92. The molecule has 1 saturated heterocycles. The number of carboxylic acids is 1. The molecule has 1 unspecified atom stereocenters. The second kappa shape index (κ2) is 12.2. The lowest BCUT2D eigenvalue weighted by Crippen LogP contribution is -2.47. The van der Waals surface area contributed by atoms with E-state index in [2.05, 4.69) is 47.8 Å². The fraction of sp³-hybridized carbons (Fsp3) is 0.167. The molecule has 2 aromatic heterocycles. The summed E-state index contributed by atoms with van der Waals surface area (Å²) in [5, 5.41) is 20.7. The number of amides is 2. The zero-order chi connectivity index (χ0) is 28.9. The summed E-state index contributed by atoms with van der Waals surface area (Å²) in [7, 11) is 0. The van der Waals surface area contributed by atoms with Gasteiger partial charge in [0.15, 0.2) is 0 Å². The molecule has 41 heavy (non-hydrogen) atoms. The van der Waals surface area contributed by atoms with Crippen molar-refractivity contribution in [3.63, 3.8) is 0 Å². The number of halogens is 1. The molecule has 4 N–H and O–H groups in total. The van der Waals surface area contributed by atoms with Gasteiger partial charge in [0, 0.05) is 57.2 Å².